The molecule has 1 rings (SSSR count). The van der Waals surface area contributed by atoms with Crippen LogP contribution in [0.1, 0.15) is 40.0 Å². The van der Waals surface area contributed by atoms with Crippen LogP contribution in [0.2, 0.25) is 0 Å². The molecule has 116 valence electrons. The van der Waals surface area contributed by atoms with Gasteiger partial charge in [-0.1, -0.05) is 13.8 Å². The van der Waals surface area contributed by atoms with Crippen molar-refractivity contribution in [3.63, 3.8) is 0 Å². The van der Waals surface area contributed by atoms with Crippen LogP contribution in [0.15, 0.2) is 4.99 Å². The molecular weight excluding hydrogens is 254 g/mol. The van der Waals surface area contributed by atoms with Gasteiger partial charge in [-0.15, -0.1) is 0 Å². The molecule has 0 aromatic heterocycles. The second-order valence-electron chi connectivity index (χ2n) is 5.79. The SMILES string of the molecule is CCNC(=NCCC(=O)OC)N1CCC(CC(C)C)C1. The van der Waals surface area contributed by atoms with E-state index in [1.54, 1.807) is 0 Å². The fourth-order valence-electron chi connectivity index (χ4n) is 2.67. The second kappa shape index (κ2) is 8.82. The molecule has 1 N–H and O–H groups in total. The van der Waals surface area contributed by atoms with Gasteiger partial charge in [0.2, 0.25) is 0 Å². The molecule has 0 aliphatic carbocycles. The van der Waals surface area contributed by atoms with Crippen molar-refractivity contribution in [1.29, 1.82) is 0 Å². The Balaban J connectivity index is 2.49. The summed E-state index contributed by atoms with van der Waals surface area (Å²) in [5.74, 6) is 2.24. The van der Waals surface area contributed by atoms with Crippen molar-refractivity contribution >= 4 is 11.9 Å². The molecular formula is C15H29N3O2. The van der Waals surface area contributed by atoms with Crippen molar-refractivity contribution in [3.8, 4) is 0 Å². The summed E-state index contributed by atoms with van der Waals surface area (Å²) >= 11 is 0. The van der Waals surface area contributed by atoms with Gasteiger partial charge < -0.3 is 15.0 Å². The zero-order valence-corrected chi connectivity index (χ0v) is 13.3. The van der Waals surface area contributed by atoms with Gasteiger partial charge in [0, 0.05) is 19.6 Å². The molecule has 0 aromatic carbocycles. The van der Waals surface area contributed by atoms with E-state index in [9.17, 15) is 4.79 Å². The topological polar surface area (TPSA) is 53.9 Å². The predicted octanol–water partition coefficient (Wildman–Crippen LogP) is 1.88. The molecule has 0 radical (unpaired) electrons. The quantitative estimate of drug-likeness (QED) is 0.459. The Morgan fingerprint density at radius 3 is 2.85 bits per heavy atom. The lowest BCUT2D eigenvalue weighted by atomic mass is 9.97. The Labute approximate surface area is 122 Å². The smallest absolute Gasteiger partial charge is 0.307 e. The zero-order chi connectivity index (χ0) is 15.0. The number of hydrogen-bond donors (Lipinski definition) is 1. The molecule has 0 bridgehead atoms. The molecule has 1 aliphatic heterocycles. The molecule has 0 amide bonds. The number of hydrogen-bond acceptors (Lipinski definition) is 3. The van der Waals surface area contributed by atoms with Crippen LogP contribution in [-0.4, -0.2) is 50.1 Å². The van der Waals surface area contributed by atoms with Crippen LogP contribution >= 0.6 is 0 Å². The van der Waals surface area contributed by atoms with Gasteiger partial charge in [-0.2, -0.15) is 0 Å². The average molecular weight is 283 g/mol. The van der Waals surface area contributed by atoms with Gasteiger partial charge in [0.25, 0.3) is 0 Å². The van der Waals surface area contributed by atoms with Crippen LogP contribution in [-0.2, 0) is 9.53 Å². The first-order chi connectivity index (χ1) is 9.56. The van der Waals surface area contributed by atoms with Crippen molar-refractivity contribution in [2.45, 2.75) is 40.0 Å². The van der Waals surface area contributed by atoms with Gasteiger partial charge in [-0.05, 0) is 31.6 Å². The first kappa shape index (κ1) is 16.8. The third-order valence-electron chi connectivity index (χ3n) is 3.53. The number of methoxy groups -OCH3 is 1. The van der Waals surface area contributed by atoms with Crippen molar-refractivity contribution in [1.82, 2.24) is 10.2 Å². The van der Waals surface area contributed by atoms with Gasteiger partial charge in [0.1, 0.15) is 0 Å². The lowest BCUT2D eigenvalue weighted by Gasteiger charge is -2.22. The number of guanidine groups is 1. The van der Waals surface area contributed by atoms with E-state index in [0.717, 1.165) is 37.4 Å². The minimum atomic E-state index is -0.205. The molecule has 0 aromatic rings. The van der Waals surface area contributed by atoms with E-state index in [4.69, 9.17) is 0 Å². The molecule has 5 nitrogen and oxygen atoms in total. The maximum atomic E-state index is 11.1. The standard InChI is InChI=1S/C15H29N3O2/c1-5-16-15(17-8-6-14(19)20-4)18-9-7-13(11-18)10-12(2)3/h12-13H,5-11H2,1-4H3,(H,16,17). The molecule has 1 atom stereocenters. The summed E-state index contributed by atoms with van der Waals surface area (Å²) in [6.45, 7) is 10.1. The van der Waals surface area contributed by atoms with Crippen molar-refractivity contribution in [3.05, 3.63) is 0 Å². The fraction of sp³-hybridized carbons (Fsp3) is 0.867. The van der Waals surface area contributed by atoms with E-state index in [-0.39, 0.29) is 5.97 Å². The Kier molecular flexibility index (Phi) is 7.41. The minimum Gasteiger partial charge on any atom is -0.469 e. The number of esters is 1. The number of ether oxygens (including phenoxy) is 1. The maximum Gasteiger partial charge on any atom is 0.307 e. The predicted molar refractivity (Wildman–Crippen MR) is 81.7 cm³/mol. The first-order valence-corrected chi connectivity index (χ1v) is 7.66. The fourth-order valence-corrected chi connectivity index (χ4v) is 2.67. The molecule has 1 fully saturated rings. The molecule has 1 unspecified atom stereocenters. The highest BCUT2D eigenvalue weighted by Gasteiger charge is 2.25. The summed E-state index contributed by atoms with van der Waals surface area (Å²) in [6, 6.07) is 0. The zero-order valence-electron chi connectivity index (χ0n) is 13.3. The third-order valence-corrected chi connectivity index (χ3v) is 3.53. The summed E-state index contributed by atoms with van der Waals surface area (Å²) in [5.41, 5.74) is 0. The van der Waals surface area contributed by atoms with Gasteiger partial charge in [-0.25, -0.2) is 0 Å². The van der Waals surface area contributed by atoms with Gasteiger partial charge in [0.05, 0.1) is 20.1 Å². The number of aliphatic imine (C=N–C) groups is 1. The number of nitrogens with one attached hydrogen (secondary N) is 1. The molecule has 1 heterocycles. The Hall–Kier alpha value is -1.26. The van der Waals surface area contributed by atoms with Crippen LogP contribution in [0.25, 0.3) is 0 Å². The minimum absolute atomic E-state index is 0.205. The van der Waals surface area contributed by atoms with E-state index in [1.807, 2.05) is 0 Å². The Morgan fingerprint density at radius 2 is 2.25 bits per heavy atom. The van der Waals surface area contributed by atoms with Crippen LogP contribution in [0.4, 0.5) is 0 Å². The molecule has 0 saturated carbocycles. The highest BCUT2D eigenvalue weighted by molar-refractivity contribution is 5.80. The molecule has 5 heteroatoms. The van der Waals surface area contributed by atoms with E-state index >= 15 is 0 Å². The van der Waals surface area contributed by atoms with Crippen molar-refractivity contribution in [2.24, 2.45) is 16.8 Å². The van der Waals surface area contributed by atoms with E-state index in [2.05, 4.69) is 40.7 Å². The number of nitrogens with zero attached hydrogens (tertiary/aromatic N) is 2. The normalized spacial score (nSPS) is 19.6. The summed E-state index contributed by atoms with van der Waals surface area (Å²) in [5, 5.41) is 3.31. The Morgan fingerprint density at radius 1 is 1.50 bits per heavy atom. The highest BCUT2D eigenvalue weighted by Crippen LogP contribution is 2.23. The lowest BCUT2D eigenvalue weighted by Crippen LogP contribution is -2.40. The van der Waals surface area contributed by atoms with Crippen LogP contribution in [0.5, 0.6) is 0 Å². The first-order valence-electron chi connectivity index (χ1n) is 7.66. The van der Waals surface area contributed by atoms with Crippen molar-refractivity contribution in [2.75, 3.05) is 33.3 Å². The molecule has 0 spiro atoms. The molecule has 1 aliphatic rings. The molecule has 20 heavy (non-hydrogen) atoms. The second-order valence-corrected chi connectivity index (χ2v) is 5.79. The Bertz CT molecular complexity index is 329. The summed E-state index contributed by atoms with van der Waals surface area (Å²) in [6.07, 6.45) is 2.85. The monoisotopic (exact) mass is 283 g/mol. The summed E-state index contributed by atoms with van der Waals surface area (Å²) < 4.78 is 4.64. The largest absolute Gasteiger partial charge is 0.469 e. The van der Waals surface area contributed by atoms with Gasteiger partial charge in [0.15, 0.2) is 5.96 Å². The van der Waals surface area contributed by atoms with E-state index in [1.165, 1.54) is 20.0 Å². The van der Waals surface area contributed by atoms with Crippen LogP contribution in [0, 0.1) is 11.8 Å². The van der Waals surface area contributed by atoms with Crippen molar-refractivity contribution < 1.29 is 9.53 Å². The average Bonchev–Trinajstić information content (AvgIpc) is 2.85. The third kappa shape index (κ3) is 5.80. The van der Waals surface area contributed by atoms with Gasteiger partial charge >= 0.3 is 5.97 Å². The number of carbonyl (C=O) groups is 1. The lowest BCUT2D eigenvalue weighted by molar-refractivity contribution is -0.140. The van der Waals surface area contributed by atoms with E-state index < -0.39 is 0 Å². The number of likely N-dealkylation sites (tertiary alicyclic amines) is 1. The van der Waals surface area contributed by atoms with Crippen LogP contribution < -0.4 is 5.32 Å². The van der Waals surface area contributed by atoms with E-state index in [0.29, 0.717) is 13.0 Å². The maximum absolute atomic E-state index is 11.1. The molecule has 1 saturated heterocycles. The number of carbonyl (C=O) groups excluding carboxylic acids is 1. The highest BCUT2D eigenvalue weighted by atomic mass is 16.5. The number of rotatable bonds is 6. The summed E-state index contributed by atoms with van der Waals surface area (Å²) in [4.78, 5) is 18.0. The van der Waals surface area contributed by atoms with Crippen LogP contribution in [0.3, 0.4) is 0 Å². The summed E-state index contributed by atoms with van der Waals surface area (Å²) in [7, 11) is 1.41. The van der Waals surface area contributed by atoms with Gasteiger partial charge in [-0.3, -0.25) is 9.79 Å².